The molecular weight excluding hydrogens is 320 g/mol. The first-order valence-electron chi connectivity index (χ1n) is 6.39. The average Bonchev–Trinajstić information content (AvgIpc) is 2.55. The Kier molecular flexibility index (Phi) is 4.84. The molecule has 0 saturated heterocycles. The number of hydrogen-bond acceptors (Lipinski definition) is 5. The molecule has 23 heavy (non-hydrogen) atoms. The summed E-state index contributed by atoms with van der Waals surface area (Å²) in [6, 6.07) is 10.5. The van der Waals surface area contributed by atoms with Crippen LogP contribution in [0.25, 0.3) is 11.6 Å². The molecule has 6 nitrogen and oxygen atoms in total. The van der Waals surface area contributed by atoms with Crippen LogP contribution in [0.1, 0.15) is 11.1 Å². The zero-order valence-corrected chi connectivity index (χ0v) is 12.7. The van der Waals surface area contributed by atoms with Gasteiger partial charge in [0.2, 0.25) is 0 Å². The Morgan fingerprint density at radius 3 is 2.57 bits per heavy atom. The average molecular weight is 331 g/mol. The number of halogens is 1. The zero-order valence-electron chi connectivity index (χ0n) is 12.0. The molecule has 0 unspecified atom stereocenters. The van der Waals surface area contributed by atoms with Crippen molar-refractivity contribution >= 4 is 28.9 Å². The van der Waals surface area contributed by atoms with E-state index in [0.717, 1.165) is 0 Å². The number of phenolic OH excluding ortho intramolecular Hbond substituents is 1. The van der Waals surface area contributed by atoms with Gasteiger partial charge in [0.05, 0.1) is 23.7 Å². The normalized spacial score (nSPS) is 10.9. The molecule has 0 spiro atoms. The minimum Gasteiger partial charge on any atom is -0.504 e. The van der Waals surface area contributed by atoms with Gasteiger partial charge >= 0.3 is 0 Å². The lowest BCUT2D eigenvalue weighted by Crippen LogP contribution is -1.89. The lowest BCUT2D eigenvalue weighted by Gasteiger charge is -2.08. The summed E-state index contributed by atoms with van der Waals surface area (Å²) in [6.07, 6.45) is 1.44. The molecule has 0 aliphatic heterocycles. The minimum absolute atomic E-state index is 0.0710. The first kappa shape index (κ1) is 16.3. The molecule has 2 aromatic rings. The van der Waals surface area contributed by atoms with Crippen LogP contribution in [0.3, 0.4) is 0 Å². The SMILES string of the molecule is COc1cc(Cl)cc(C=C(C#N)c2ccc([N+](=O)[O-])cc2)c1O. The van der Waals surface area contributed by atoms with Gasteiger partial charge in [-0.15, -0.1) is 0 Å². The molecular formula is C16H11ClN2O4. The van der Waals surface area contributed by atoms with Gasteiger partial charge in [-0.25, -0.2) is 0 Å². The summed E-state index contributed by atoms with van der Waals surface area (Å²) >= 11 is 5.95. The van der Waals surface area contributed by atoms with E-state index in [1.807, 2.05) is 6.07 Å². The molecule has 0 radical (unpaired) electrons. The number of hydrogen-bond donors (Lipinski definition) is 1. The second-order valence-corrected chi connectivity index (χ2v) is 4.96. The molecule has 1 N–H and O–H groups in total. The highest BCUT2D eigenvalue weighted by molar-refractivity contribution is 6.31. The second-order valence-electron chi connectivity index (χ2n) is 4.52. The molecule has 0 aliphatic carbocycles. The summed E-state index contributed by atoms with van der Waals surface area (Å²) in [5, 5.41) is 30.4. The maximum atomic E-state index is 10.7. The lowest BCUT2D eigenvalue weighted by atomic mass is 10.0. The summed E-state index contributed by atoms with van der Waals surface area (Å²) in [6.45, 7) is 0. The van der Waals surface area contributed by atoms with Gasteiger partial charge in [0.1, 0.15) is 0 Å². The van der Waals surface area contributed by atoms with Gasteiger partial charge in [0.25, 0.3) is 5.69 Å². The van der Waals surface area contributed by atoms with E-state index in [2.05, 4.69) is 0 Å². The Bertz CT molecular complexity index is 823. The number of nitro benzene ring substituents is 1. The minimum atomic E-state index is -0.521. The van der Waals surface area contributed by atoms with Gasteiger partial charge in [-0.3, -0.25) is 10.1 Å². The highest BCUT2D eigenvalue weighted by atomic mass is 35.5. The monoisotopic (exact) mass is 330 g/mol. The van der Waals surface area contributed by atoms with Crippen molar-refractivity contribution in [1.82, 2.24) is 0 Å². The fraction of sp³-hybridized carbons (Fsp3) is 0.0625. The summed E-state index contributed by atoms with van der Waals surface area (Å²) in [4.78, 5) is 10.1. The Balaban J connectivity index is 2.49. The van der Waals surface area contributed by atoms with Crippen LogP contribution >= 0.6 is 11.6 Å². The maximum Gasteiger partial charge on any atom is 0.269 e. The van der Waals surface area contributed by atoms with Gasteiger partial charge in [0.15, 0.2) is 11.5 Å². The van der Waals surface area contributed by atoms with Crippen molar-refractivity contribution in [3.8, 4) is 17.6 Å². The predicted octanol–water partition coefficient (Wildman–Crippen LogP) is 4.03. The van der Waals surface area contributed by atoms with Crippen molar-refractivity contribution in [2.24, 2.45) is 0 Å². The van der Waals surface area contributed by atoms with Crippen LogP contribution in [-0.2, 0) is 0 Å². The summed E-state index contributed by atoms with van der Waals surface area (Å²) in [5.74, 6) is 0.0382. The van der Waals surface area contributed by atoms with Crippen LogP contribution in [0.15, 0.2) is 36.4 Å². The van der Waals surface area contributed by atoms with E-state index in [-0.39, 0.29) is 22.8 Å². The van der Waals surface area contributed by atoms with E-state index in [0.29, 0.717) is 16.1 Å². The quantitative estimate of drug-likeness (QED) is 0.395. The van der Waals surface area contributed by atoms with Crippen molar-refractivity contribution in [2.75, 3.05) is 7.11 Å². The highest BCUT2D eigenvalue weighted by Crippen LogP contribution is 2.35. The molecule has 0 amide bonds. The van der Waals surface area contributed by atoms with Gasteiger partial charge in [0, 0.05) is 28.8 Å². The maximum absolute atomic E-state index is 10.7. The fourth-order valence-electron chi connectivity index (χ4n) is 1.96. The third-order valence-electron chi connectivity index (χ3n) is 3.10. The van der Waals surface area contributed by atoms with Gasteiger partial charge in [-0.05, 0) is 29.8 Å². The van der Waals surface area contributed by atoms with E-state index in [9.17, 15) is 20.5 Å². The van der Waals surface area contributed by atoms with Gasteiger partial charge in [-0.2, -0.15) is 5.26 Å². The standard InChI is InChI=1S/C16H11ClN2O4/c1-23-15-8-13(17)7-11(16(15)20)6-12(9-18)10-2-4-14(5-3-10)19(21)22/h2-8,20H,1H3. The Morgan fingerprint density at radius 1 is 1.39 bits per heavy atom. The van der Waals surface area contributed by atoms with Crippen LogP contribution in [0.4, 0.5) is 5.69 Å². The lowest BCUT2D eigenvalue weighted by molar-refractivity contribution is -0.384. The van der Waals surface area contributed by atoms with Crippen molar-refractivity contribution < 1.29 is 14.8 Å². The number of rotatable bonds is 4. The first-order valence-corrected chi connectivity index (χ1v) is 6.77. The third-order valence-corrected chi connectivity index (χ3v) is 3.32. The molecule has 0 aliphatic rings. The third kappa shape index (κ3) is 3.59. The molecule has 0 bridgehead atoms. The number of methoxy groups -OCH3 is 1. The number of nitrogens with zero attached hydrogens (tertiary/aromatic N) is 2. The van der Waals surface area contributed by atoms with Crippen molar-refractivity contribution in [2.45, 2.75) is 0 Å². The fourth-order valence-corrected chi connectivity index (χ4v) is 2.18. The Morgan fingerprint density at radius 2 is 2.04 bits per heavy atom. The summed E-state index contributed by atoms with van der Waals surface area (Å²) in [5.41, 5.74) is 0.943. The van der Waals surface area contributed by atoms with Gasteiger partial charge in [-0.1, -0.05) is 11.6 Å². The van der Waals surface area contributed by atoms with E-state index in [1.54, 1.807) is 0 Å². The van der Waals surface area contributed by atoms with Crippen molar-refractivity contribution in [3.05, 3.63) is 62.7 Å². The molecule has 2 rings (SSSR count). The zero-order chi connectivity index (χ0) is 17.0. The number of non-ortho nitro benzene ring substituents is 1. The molecule has 0 atom stereocenters. The topological polar surface area (TPSA) is 96.4 Å². The molecule has 0 saturated carbocycles. The van der Waals surface area contributed by atoms with E-state index >= 15 is 0 Å². The first-order chi connectivity index (χ1) is 11.0. The van der Waals surface area contributed by atoms with Crippen LogP contribution in [0.5, 0.6) is 11.5 Å². The largest absolute Gasteiger partial charge is 0.504 e. The second kappa shape index (κ2) is 6.81. The molecule has 0 fully saturated rings. The molecule has 116 valence electrons. The van der Waals surface area contributed by atoms with E-state index < -0.39 is 4.92 Å². The highest BCUT2D eigenvalue weighted by Gasteiger charge is 2.11. The van der Waals surface area contributed by atoms with E-state index in [4.69, 9.17) is 16.3 Å². The summed E-state index contributed by atoms with van der Waals surface area (Å²) in [7, 11) is 1.39. The smallest absolute Gasteiger partial charge is 0.269 e. The number of nitro groups is 1. The molecule has 0 aromatic heterocycles. The van der Waals surface area contributed by atoms with Crippen LogP contribution in [-0.4, -0.2) is 17.1 Å². The predicted molar refractivity (Wildman–Crippen MR) is 86.2 cm³/mol. The van der Waals surface area contributed by atoms with Gasteiger partial charge < -0.3 is 9.84 Å². The Hall–Kier alpha value is -3.04. The number of nitriles is 1. The van der Waals surface area contributed by atoms with Crippen LogP contribution in [0.2, 0.25) is 5.02 Å². The van der Waals surface area contributed by atoms with Crippen molar-refractivity contribution in [3.63, 3.8) is 0 Å². The van der Waals surface area contributed by atoms with Crippen LogP contribution in [0, 0.1) is 21.4 Å². The Labute approximate surface area is 137 Å². The van der Waals surface area contributed by atoms with Crippen molar-refractivity contribution in [1.29, 1.82) is 5.26 Å². The molecule has 0 heterocycles. The molecule has 7 heteroatoms. The number of benzene rings is 2. The van der Waals surface area contributed by atoms with E-state index in [1.165, 1.54) is 49.6 Å². The van der Waals surface area contributed by atoms with Crippen LogP contribution < -0.4 is 4.74 Å². The number of phenols is 1. The number of aromatic hydroxyl groups is 1. The number of ether oxygens (including phenoxy) is 1. The summed E-state index contributed by atoms with van der Waals surface area (Å²) < 4.78 is 5.01. The number of allylic oxidation sites excluding steroid dienone is 1. The molecule has 2 aromatic carbocycles.